The minimum atomic E-state index is -0.628. The van der Waals surface area contributed by atoms with Gasteiger partial charge in [-0.2, -0.15) is 0 Å². The first kappa shape index (κ1) is 25.2. The van der Waals surface area contributed by atoms with Crippen LogP contribution in [-0.2, 0) is 14.4 Å². The van der Waals surface area contributed by atoms with Crippen molar-refractivity contribution in [3.63, 3.8) is 0 Å². The number of imide groups is 1. The Kier molecular flexibility index (Phi) is 7.49. The predicted molar refractivity (Wildman–Crippen MR) is 139 cm³/mol. The predicted octanol–water partition coefficient (Wildman–Crippen LogP) is 5.23. The van der Waals surface area contributed by atoms with E-state index in [1.165, 1.54) is 34.4 Å². The van der Waals surface area contributed by atoms with Crippen LogP contribution < -0.4 is 5.32 Å². The fraction of sp³-hybridized carbons (Fsp3) is 0.267. The Bertz CT molecular complexity index is 1300. The van der Waals surface area contributed by atoms with Crippen LogP contribution >= 0.6 is 0 Å². The molecule has 0 spiro atoms. The largest absolute Gasteiger partial charge is 0.449 e. The summed E-state index contributed by atoms with van der Waals surface area (Å²) >= 11 is 0. The lowest BCUT2D eigenvalue weighted by Gasteiger charge is -2.14. The van der Waals surface area contributed by atoms with E-state index in [0.717, 1.165) is 19.3 Å². The van der Waals surface area contributed by atoms with E-state index in [-0.39, 0.29) is 30.1 Å². The second-order valence-corrected chi connectivity index (χ2v) is 9.33. The molecular formula is C30H28N2O6. The third-order valence-corrected chi connectivity index (χ3v) is 6.87. The molecule has 3 aromatic carbocycles. The Balaban J connectivity index is 0.964. The highest BCUT2D eigenvalue weighted by Crippen LogP contribution is 2.44. The van der Waals surface area contributed by atoms with Crippen LogP contribution in [0.5, 0.6) is 0 Å². The van der Waals surface area contributed by atoms with Gasteiger partial charge in [0.25, 0.3) is 11.8 Å². The van der Waals surface area contributed by atoms with E-state index in [1.807, 2.05) is 24.3 Å². The van der Waals surface area contributed by atoms with Gasteiger partial charge >= 0.3 is 12.1 Å². The molecule has 1 aliphatic heterocycles. The molecule has 0 unspecified atom stereocenters. The van der Waals surface area contributed by atoms with Gasteiger partial charge in [0.15, 0.2) is 0 Å². The number of rotatable bonds is 10. The summed E-state index contributed by atoms with van der Waals surface area (Å²) in [6.45, 7) is 0.741. The van der Waals surface area contributed by atoms with Crippen molar-refractivity contribution in [1.29, 1.82) is 0 Å². The van der Waals surface area contributed by atoms with Gasteiger partial charge in [-0.3, -0.25) is 9.59 Å². The molecule has 0 saturated heterocycles. The van der Waals surface area contributed by atoms with Crippen molar-refractivity contribution in [2.75, 3.05) is 13.2 Å². The summed E-state index contributed by atoms with van der Waals surface area (Å²) in [7, 11) is 0. The van der Waals surface area contributed by atoms with Crippen molar-refractivity contribution in [1.82, 2.24) is 10.4 Å². The van der Waals surface area contributed by atoms with Gasteiger partial charge in [0, 0.05) is 18.9 Å². The van der Waals surface area contributed by atoms with Crippen LogP contribution in [0.3, 0.4) is 0 Å². The standard InChI is InChI=1S/C30H28N2O6/c33-27(38-32-28(34)24-15-8-9-16-25(24)29(32)35)17-3-1-2-10-18-31-30(36)37-19-26-22-13-6-4-11-20(22)21-12-5-7-14-23(21)26/h4-9,11-16,26H,1-3,10,17-19H2,(H,31,36). The number of fused-ring (bicyclic) bond motifs is 4. The van der Waals surface area contributed by atoms with E-state index in [1.54, 1.807) is 12.1 Å². The van der Waals surface area contributed by atoms with Gasteiger partial charge in [-0.15, -0.1) is 0 Å². The molecule has 38 heavy (non-hydrogen) atoms. The molecule has 0 saturated carbocycles. The summed E-state index contributed by atoms with van der Waals surface area (Å²) in [5.74, 6) is -1.86. The minimum absolute atomic E-state index is 0.0215. The maximum atomic E-state index is 12.3. The molecule has 0 aromatic heterocycles. The van der Waals surface area contributed by atoms with E-state index in [0.29, 0.717) is 18.0 Å². The molecule has 3 amide bonds. The number of alkyl carbamates (subject to hydrolysis) is 1. The number of nitrogens with zero attached hydrogens (tertiary/aromatic N) is 1. The molecular weight excluding hydrogens is 484 g/mol. The molecule has 194 valence electrons. The average Bonchev–Trinajstić information content (AvgIpc) is 3.38. The maximum Gasteiger partial charge on any atom is 0.407 e. The van der Waals surface area contributed by atoms with Crippen LogP contribution in [-0.4, -0.2) is 42.1 Å². The lowest BCUT2D eigenvalue weighted by Crippen LogP contribution is -2.32. The number of carbonyl (C=O) groups is 4. The number of hydrogen-bond acceptors (Lipinski definition) is 6. The van der Waals surface area contributed by atoms with Crippen molar-refractivity contribution in [2.45, 2.75) is 38.0 Å². The van der Waals surface area contributed by atoms with Crippen molar-refractivity contribution >= 4 is 23.9 Å². The van der Waals surface area contributed by atoms with Crippen molar-refractivity contribution in [3.8, 4) is 11.1 Å². The summed E-state index contributed by atoms with van der Waals surface area (Å²) in [6.07, 6.45) is 2.46. The molecule has 0 radical (unpaired) electrons. The summed E-state index contributed by atoms with van der Waals surface area (Å²) in [5.41, 5.74) is 5.17. The van der Waals surface area contributed by atoms with Gasteiger partial charge < -0.3 is 14.9 Å². The second kappa shape index (κ2) is 11.3. The molecule has 0 bridgehead atoms. The highest BCUT2D eigenvalue weighted by atomic mass is 16.7. The molecule has 8 nitrogen and oxygen atoms in total. The van der Waals surface area contributed by atoms with E-state index in [9.17, 15) is 19.2 Å². The molecule has 8 heteroatoms. The quantitative estimate of drug-likeness (QED) is 0.295. The number of nitrogens with one attached hydrogen (secondary N) is 1. The lowest BCUT2D eigenvalue weighted by molar-refractivity contribution is -0.168. The third kappa shape index (κ3) is 5.16. The van der Waals surface area contributed by atoms with Crippen LogP contribution in [0.1, 0.15) is 69.9 Å². The normalized spacial score (nSPS) is 13.6. The number of hydroxylamine groups is 2. The van der Waals surface area contributed by atoms with Gasteiger partial charge in [0.2, 0.25) is 0 Å². The van der Waals surface area contributed by atoms with Crippen molar-refractivity contribution in [2.24, 2.45) is 0 Å². The summed E-state index contributed by atoms with van der Waals surface area (Å²) in [6, 6.07) is 22.7. The van der Waals surface area contributed by atoms with Crippen LogP contribution in [0.15, 0.2) is 72.8 Å². The Hall–Kier alpha value is -4.46. The fourth-order valence-corrected chi connectivity index (χ4v) is 4.99. The summed E-state index contributed by atoms with van der Waals surface area (Å²) < 4.78 is 5.53. The monoisotopic (exact) mass is 512 g/mol. The summed E-state index contributed by atoms with van der Waals surface area (Å²) in [4.78, 5) is 53.9. The fourth-order valence-electron chi connectivity index (χ4n) is 4.99. The number of hydrogen-bond donors (Lipinski definition) is 1. The molecule has 0 atom stereocenters. The van der Waals surface area contributed by atoms with Crippen LogP contribution in [0.25, 0.3) is 11.1 Å². The van der Waals surface area contributed by atoms with Crippen LogP contribution in [0.4, 0.5) is 4.79 Å². The first-order valence-corrected chi connectivity index (χ1v) is 12.8. The zero-order valence-corrected chi connectivity index (χ0v) is 20.9. The van der Waals surface area contributed by atoms with Crippen molar-refractivity contribution in [3.05, 3.63) is 95.1 Å². The van der Waals surface area contributed by atoms with Gasteiger partial charge in [-0.25, -0.2) is 9.59 Å². The number of unbranched alkanes of at least 4 members (excludes halogenated alkanes) is 3. The molecule has 1 N–H and O–H groups in total. The molecule has 0 fully saturated rings. The zero-order chi connectivity index (χ0) is 26.5. The SMILES string of the molecule is O=C(CCCCCCNC(=O)OCC1c2ccccc2-c2ccccc21)ON1C(=O)c2ccccc2C1=O. The van der Waals surface area contributed by atoms with E-state index in [4.69, 9.17) is 9.57 Å². The van der Waals surface area contributed by atoms with Gasteiger partial charge in [-0.05, 0) is 47.2 Å². The topological polar surface area (TPSA) is 102 Å². The highest BCUT2D eigenvalue weighted by Gasteiger charge is 2.38. The average molecular weight is 513 g/mol. The minimum Gasteiger partial charge on any atom is -0.449 e. The van der Waals surface area contributed by atoms with Crippen LogP contribution in [0, 0.1) is 0 Å². The molecule has 5 rings (SSSR count). The highest BCUT2D eigenvalue weighted by molar-refractivity contribution is 6.20. The lowest BCUT2D eigenvalue weighted by atomic mass is 9.98. The Labute approximate surface area is 220 Å². The first-order valence-electron chi connectivity index (χ1n) is 12.8. The van der Waals surface area contributed by atoms with Crippen LogP contribution in [0.2, 0.25) is 0 Å². The Morgan fingerprint density at radius 3 is 1.84 bits per heavy atom. The molecule has 1 heterocycles. The number of ether oxygens (including phenoxy) is 1. The van der Waals surface area contributed by atoms with Gasteiger partial charge in [0.05, 0.1) is 11.1 Å². The smallest absolute Gasteiger partial charge is 0.407 e. The molecule has 2 aliphatic rings. The number of carbonyl (C=O) groups excluding carboxylic acids is 4. The third-order valence-electron chi connectivity index (χ3n) is 6.87. The van der Waals surface area contributed by atoms with E-state index in [2.05, 4.69) is 29.6 Å². The van der Waals surface area contributed by atoms with E-state index < -0.39 is 23.9 Å². The van der Waals surface area contributed by atoms with Gasteiger partial charge in [0.1, 0.15) is 6.61 Å². The van der Waals surface area contributed by atoms with Gasteiger partial charge in [-0.1, -0.05) is 78.6 Å². The molecule has 3 aromatic rings. The van der Waals surface area contributed by atoms with Crippen molar-refractivity contribution < 1.29 is 28.8 Å². The molecule has 1 aliphatic carbocycles. The number of amides is 3. The first-order chi connectivity index (χ1) is 18.5. The second-order valence-electron chi connectivity index (χ2n) is 9.33. The summed E-state index contributed by atoms with van der Waals surface area (Å²) in [5, 5.41) is 3.32. The van der Waals surface area contributed by atoms with E-state index >= 15 is 0 Å². The Morgan fingerprint density at radius 1 is 0.711 bits per heavy atom. The number of benzene rings is 3. The zero-order valence-electron chi connectivity index (χ0n) is 20.9. The maximum absolute atomic E-state index is 12.3. The Morgan fingerprint density at radius 2 is 1.24 bits per heavy atom.